The molecule has 3 rings (SSSR count). The number of nitrogens with zero attached hydrogens (tertiary/aromatic N) is 2. The van der Waals surface area contributed by atoms with Crippen molar-refractivity contribution in [3.05, 3.63) is 33.8 Å². The molecule has 2 aliphatic rings. The Bertz CT molecular complexity index is 686. The summed E-state index contributed by atoms with van der Waals surface area (Å²) in [6.45, 7) is 2.04. The molecule has 1 aromatic carbocycles. The zero-order valence-corrected chi connectivity index (χ0v) is 15.1. The highest BCUT2D eigenvalue weighted by atomic mass is 79.9. The number of hydrogen-bond donors (Lipinski definition) is 1. The summed E-state index contributed by atoms with van der Waals surface area (Å²) in [5, 5.41) is 3.24. The summed E-state index contributed by atoms with van der Waals surface area (Å²) < 4.78 is 0.770. The van der Waals surface area contributed by atoms with Crippen LogP contribution in [-0.4, -0.2) is 60.2 Å². The fourth-order valence-corrected chi connectivity index (χ4v) is 3.57. The van der Waals surface area contributed by atoms with Gasteiger partial charge in [0.15, 0.2) is 0 Å². The van der Waals surface area contributed by atoms with Gasteiger partial charge in [-0.1, -0.05) is 15.9 Å². The fraction of sp³-hybridized carbons (Fsp3) is 0.471. The minimum atomic E-state index is -0.280. The predicted molar refractivity (Wildman–Crippen MR) is 92.8 cm³/mol. The summed E-state index contributed by atoms with van der Waals surface area (Å²) in [6, 6.07) is 5.32. The largest absolute Gasteiger partial charge is 0.341 e. The molecule has 0 bridgehead atoms. The van der Waals surface area contributed by atoms with Crippen LogP contribution in [0.4, 0.5) is 0 Å². The monoisotopic (exact) mass is 393 g/mol. The highest BCUT2D eigenvalue weighted by Gasteiger charge is 2.35. The first-order valence-corrected chi connectivity index (χ1v) is 8.90. The number of hydrogen-bond acceptors (Lipinski definition) is 4. The second kappa shape index (κ2) is 7.03. The molecule has 7 heteroatoms. The average Bonchev–Trinajstić information content (AvgIpc) is 3.17. The van der Waals surface area contributed by atoms with Gasteiger partial charge < -0.3 is 10.2 Å². The van der Waals surface area contributed by atoms with E-state index in [1.165, 1.54) is 4.90 Å². The van der Waals surface area contributed by atoms with Crippen LogP contribution in [0, 0.1) is 0 Å². The lowest BCUT2D eigenvalue weighted by molar-refractivity contribution is -0.131. The van der Waals surface area contributed by atoms with E-state index in [1.54, 1.807) is 23.1 Å². The number of fused-ring (bicyclic) bond motifs is 1. The van der Waals surface area contributed by atoms with E-state index < -0.39 is 0 Å². The molecule has 1 fully saturated rings. The Balaban J connectivity index is 1.55. The molecule has 1 N–H and O–H groups in total. The molecule has 6 nitrogen and oxygen atoms in total. The fourth-order valence-electron chi connectivity index (χ4n) is 3.20. The summed E-state index contributed by atoms with van der Waals surface area (Å²) >= 11 is 3.31. The number of nitrogens with one attached hydrogen (secondary N) is 1. The summed E-state index contributed by atoms with van der Waals surface area (Å²) in [6.07, 6.45) is 1.79. The highest BCUT2D eigenvalue weighted by molar-refractivity contribution is 9.10. The average molecular weight is 394 g/mol. The van der Waals surface area contributed by atoms with Gasteiger partial charge in [0.25, 0.3) is 11.8 Å². The van der Waals surface area contributed by atoms with Gasteiger partial charge in [0.2, 0.25) is 5.91 Å². The molecule has 0 radical (unpaired) electrons. The molecule has 1 unspecified atom stereocenters. The number of likely N-dealkylation sites (N-methyl/N-ethyl adjacent to an activating group) is 1. The zero-order valence-electron chi connectivity index (χ0n) is 13.5. The van der Waals surface area contributed by atoms with Crippen LogP contribution in [0.5, 0.6) is 0 Å². The Morgan fingerprint density at radius 2 is 2.08 bits per heavy atom. The van der Waals surface area contributed by atoms with E-state index in [1.807, 2.05) is 7.05 Å². The van der Waals surface area contributed by atoms with Gasteiger partial charge in [0.05, 0.1) is 11.1 Å². The first-order chi connectivity index (χ1) is 11.5. The number of imide groups is 1. The van der Waals surface area contributed by atoms with E-state index in [4.69, 9.17) is 0 Å². The van der Waals surface area contributed by atoms with Crippen LogP contribution in [-0.2, 0) is 4.79 Å². The summed E-state index contributed by atoms with van der Waals surface area (Å²) in [5.41, 5.74) is 0.860. The maximum atomic E-state index is 12.4. The number of amides is 3. The number of carbonyl (C=O) groups is 3. The van der Waals surface area contributed by atoms with Crippen LogP contribution >= 0.6 is 15.9 Å². The molecule has 1 saturated heterocycles. The Kier molecular flexibility index (Phi) is 5.01. The minimum absolute atomic E-state index is 0.0584. The number of carbonyl (C=O) groups excluding carboxylic acids is 3. The maximum absolute atomic E-state index is 12.4. The van der Waals surface area contributed by atoms with E-state index in [0.29, 0.717) is 24.0 Å². The van der Waals surface area contributed by atoms with Gasteiger partial charge in [0, 0.05) is 37.1 Å². The van der Waals surface area contributed by atoms with Crippen LogP contribution in [0.1, 0.15) is 40.0 Å². The maximum Gasteiger partial charge on any atom is 0.261 e. The second-order valence-electron chi connectivity index (χ2n) is 6.21. The number of halogens is 1. The van der Waals surface area contributed by atoms with Crippen LogP contribution in [0.25, 0.3) is 0 Å². The Hall–Kier alpha value is -1.73. The first-order valence-electron chi connectivity index (χ1n) is 8.11. The zero-order chi connectivity index (χ0) is 17.3. The molecule has 0 saturated carbocycles. The van der Waals surface area contributed by atoms with Gasteiger partial charge in [-0.25, -0.2) is 0 Å². The molecule has 0 spiro atoms. The summed E-state index contributed by atoms with van der Waals surface area (Å²) in [5.74, 6) is -0.497. The summed E-state index contributed by atoms with van der Waals surface area (Å²) in [4.78, 5) is 39.9. The first kappa shape index (κ1) is 17.1. The molecule has 24 heavy (non-hydrogen) atoms. The third-order valence-electron chi connectivity index (χ3n) is 4.68. The quantitative estimate of drug-likeness (QED) is 0.772. The van der Waals surface area contributed by atoms with Crippen molar-refractivity contribution in [2.24, 2.45) is 0 Å². The standard InChI is InChI=1S/C17H20BrN3O3/c1-20(12-6-7-19-10-12)15(22)3-2-8-21-16(23)13-5-4-11(18)9-14(13)17(21)24/h4-5,9,12,19H,2-3,6-8,10H2,1H3. The Morgan fingerprint density at radius 3 is 2.79 bits per heavy atom. The van der Waals surface area contributed by atoms with Crippen molar-refractivity contribution in [1.29, 1.82) is 0 Å². The molecular weight excluding hydrogens is 374 g/mol. The van der Waals surface area contributed by atoms with Gasteiger partial charge >= 0.3 is 0 Å². The predicted octanol–water partition coefficient (Wildman–Crippen LogP) is 1.65. The van der Waals surface area contributed by atoms with Crippen LogP contribution in [0.2, 0.25) is 0 Å². The van der Waals surface area contributed by atoms with Crippen molar-refractivity contribution in [2.45, 2.75) is 25.3 Å². The van der Waals surface area contributed by atoms with Crippen molar-refractivity contribution in [3.63, 3.8) is 0 Å². The Labute approximate surface area is 149 Å². The Morgan fingerprint density at radius 1 is 1.33 bits per heavy atom. The normalized spacial score (nSPS) is 19.8. The van der Waals surface area contributed by atoms with Gasteiger partial charge in [-0.15, -0.1) is 0 Å². The molecule has 1 atom stereocenters. The lowest BCUT2D eigenvalue weighted by Gasteiger charge is -2.24. The molecule has 1 aromatic rings. The van der Waals surface area contributed by atoms with E-state index in [2.05, 4.69) is 21.2 Å². The number of rotatable bonds is 5. The molecule has 0 aromatic heterocycles. The molecule has 2 heterocycles. The van der Waals surface area contributed by atoms with Crippen LogP contribution in [0.3, 0.4) is 0 Å². The smallest absolute Gasteiger partial charge is 0.261 e. The van der Waals surface area contributed by atoms with E-state index in [-0.39, 0.29) is 30.3 Å². The topological polar surface area (TPSA) is 69.7 Å². The minimum Gasteiger partial charge on any atom is -0.341 e. The number of benzene rings is 1. The summed E-state index contributed by atoms with van der Waals surface area (Å²) in [7, 11) is 1.82. The van der Waals surface area contributed by atoms with Crippen molar-refractivity contribution in [2.75, 3.05) is 26.7 Å². The van der Waals surface area contributed by atoms with E-state index >= 15 is 0 Å². The molecule has 0 aliphatic carbocycles. The lowest BCUT2D eigenvalue weighted by Crippen LogP contribution is -2.39. The van der Waals surface area contributed by atoms with Crippen LogP contribution in [0.15, 0.2) is 22.7 Å². The third kappa shape index (κ3) is 3.23. The molecule has 3 amide bonds. The molecule has 128 valence electrons. The van der Waals surface area contributed by atoms with E-state index in [9.17, 15) is 14.4 Å². The van der Waals surface area contributed by atoms with Crippen molar-refractivity contribution >= 4 is 33.7 Å². The second-order valence-corrected chi connectivity index (χ2v) is 7.12. The van der Waals surface area contributed by atoms with Gasteiger partial charge in [-0.05, 0) is 37.6 Å². The van der Waals surface area contributed by atoms with Crippen LogP contribution < -0.4 is 5.32 Å². The van der Waals surface area contributed by atoms with Gasteiger partial charge in [-0.2, -0.15) is 0 Å². The highest BCUT2D eigenvalue weighted by Crippen LogP contribution is 2.26. The SMILES string of the molecule is CN(C(=O)CCCN1C(=O)c2ccc(Br)cc2C1=O)C1CCNC1. The van der Waals surface area contributed by atoms with Gasteiger partial charge in [-0.3, -0.25) is 19.3 Å². The van der Waals surface area contributed by atoms with Gasteiger partial charge in [0.1, 0.15) is 0 Å². The van der Waals surface area contributed by atoms with Crippen molar-refractivity contribution in [3.8, 4) is 0 Å². The lowest BCUT2D eigenvalue weighted by atomic mass is 10.1. The third-order valence-corrected chi connectivity index (χ3v) is 5.17. The van der Waals surface area contributed by atoms with Crippen molar-refractivity contribution in [1.82, 2.24) is 15.1 Å². The molecule has 2 aliphatic heterocycles. The van der Waals surface area contributed by atoms with E-state index in [0.717, 1.165) is 24.0 Å². The van der Waals surface area contributed by atoms with Crippen molar-refractivity contribution < 1.29 is 14.4 Å². The molecular formula is C17H20BrN3O3.